The lowest BCUT2D eigenvalue weighted by Gasteiger charge is -2.30. The van der Waals surface area contributed by atoms with Gasteiger partial charge in [0.25, 0.3) is 0 Å². The third kappa shape index (κ3) is 2.29. The fourth-order valence-corrected chi connectivity index (χ4v) is 3.24. The zero-order valence-corrected chi connectivity index (χ0v) is 12.4. The molecule has 1 aromatic carbocycles. The molecule has 0 heterocycles. The number of nitrogens with one attached hydrogen (secondary N) is 1. The Balaban J connectivity index is 2.35. The van der Waals surface area contributed by atoms with Gasteiger partial charge < -0.3 is 0 Å². The molecular formula is C15H21NOS. The van der Waals surface area contributed by atoms with Gasteiger partial charge in [-0.3, -0.25) is 0 Å². The van der Waals surface area contributed by atoms with Crippen LogP contribution in [0, 0.1) is 0 Å². The lowest BCUT2D eigenvalue weighted by atomic mass is 9.96. The minimum absolute atomic E-state index is 0.262. The Morgan fingerprint density at radius 1 is 1.33 bits per heavy atom. The van der Waals surface area contributed by atoms with Crippen LogP contribution >= 0.6 is 0 Å². The summed E-state index contributed by atoms with van der Waals surface area (Å²) in [5.41, 5.74) is 3.24. The molecule has 0 bridgehead atoms. The number of hydrogen-bond acceptors (Lipinski definition) is 1. The second kappa shape index (κ2) is 4.32. The molecule has 18 heavy (non-hydrogen) atoms. The summed E-state index contributed by atoms with van der Waals surface area (Å²) in [5.74, 6) is 0. The predicted molar refractivity (Wildman–Crippen MR) is 78.5 cm³/mol. The molecule has 1 aliphatic rings. The van der Waals surface area contributed by atoms with Crippen molar-refractivity contribution in [3.8, 4) is 0 Å². The van der Waals surface area contributed by atoms with Gasteiger partial charge in [-0.1, -0.05) is 30.8 Å². The molecule has 2 rings (SSSR count). The Bertz CT molecular complexity index is 515. The Morgan fingerprint density at radius 2 is 1.94 bits per heavy atom. The molecule has 98 valence electrons. The van der Waals surface area contributed by atoms with Crippen molar-refractivity contribution < 1.29 is 4.21 Å². The van der Waals surface area contributed by atoms with E-state index in [1.807, 2.05) is 32.9 Å². The van der Waals surface area contributed by atoms with Crippen molar-refractivity contribution in [1.29, 1.82) is 0 Å². The number of benzene rings is 1. The highest BCUT2D eigenvalue weighted by Crippen LogP contribution is 2.43. The molecule has 1 N–H and O–H groups in total. The monoisotopic (exact) mass is 263 g/mol. The Hall–Kier alpha value is -0.930. The average molecular weight is 263 g/mol. The van der Waals surface area contributed by atoms with Gasteiger partial charge in [0, 0.05) is 0 Å². The van der Waals surface area contributed by atoms with E-state index < -0.39 is 11.0 Å². The average Bonchev–Trinajstić information content (AvgIpc) is 2.51. The third-order valence-electron chi connectivity index (χ3n) is 3.34. The number of fused-ring (bicyclic) bond motifs is 1. The molecule has 1 aromatic rings. The summed E-state index contributed by atoms with van der Waals surface area (Å²) in [6.45, 7) is 12.2. The van der Waals surface area contributed by atoms with Crippen molar-refractivity contribution in [1.82, 2.24) is 4.72 Å². The molecule has 0 spiro atoms. The van der Waals surface area contributed by atoms with Gasteiger partial charge in [-0.15, -0.1) is 0 Å². The molecule has 0 saturated carbocycles. The summed E-state index contributed by atoms with van der Waals surface area (Å²) in [4.78, 5) is 0. The van der Waals surface area contributed by atoms with E-state index >= 15 is 0 Å². The number of hydrogen-bond donors (Lipinski definition) is 1. The highest BCUT2D eigenvalue weighted by Gasteiger charge is 2.39. The molecular weight excluding hydrogens is 242 g/mol. The second-order valence-electron chi connectivity index (χ2n) is 6.14. The van der Waals surface area contributed by atoms with Gasteiger partial charge in [0.2, 0.25) is 0 Å². The zero-order valence-electron chi connectivity index (χ0n) is 11.5. The first-order valence-electron chi connectivity index (χ1n) is 6.21. The molecule has 2 nitrogen and oxygen atoms in total. The molecule has 0 amide bonds. The Labute approximate surface area is 112 Å². The molecule has 0 saturated heterocycles. The largest absolute Gasteiger partial charge is 0.242 e. The van der Waals surface area contributed by atoms with Crippen molar-refractivity contribution in [3.63, 3.8) is 0 Å². The van der Waals surface area contributed by atoms with Gasteiger partial charge >= 0.3 is 0 Å². The highest BCUT2D eigenvalue weighted by atomic mass is 32.2. The van der Waals surface area contributed by atoms with E-state index in [0.29, 0.717) is 0 Å². The summed E-state index contributed by atoms with van der Waals surface area (Å²) >= 11 is 0. The van der Waals surface area contributed by atoms with Gasteiger partial charge in [-0.25, -0.2) is 8.93 Å². The van der Waals surface area contributed by atoms with Crippen LogP contribution in [0.1, 0.15) is 45.2 Å². The van der Waals surface area contributed by atoms with Crippen LogP contribution in [0.3, 0.4) is 0 Å². The van der Waals surface area contributed by atoms with Gasteiger partial charge in [-0.05, 0) is 50.8 Å². The summed E-state index contributed by atoms with van der Waals surface area (Å²) in [5, 5.41) is 0. The van der Waals surface area contributed by atoms with Crippen LogP contribution in [-0.2, 0) is 16.5 Å². The minimum atomic E-state index is -1.08. The summed E-state index contributed by atoms with van der Waals surface area (Å²) in [6.07, 6.45) is 0.814. The minimum Gasteiger partial charge on any atom is -0.242 e. The maximum atomic E-state index is 12.3. The first kappa shape index (κ1) is 13.5. The molecule has 0 aromatic heterocycles. The van der Waals surface area contributed by atoms with Crippen molar-refractivity contribution in [2.45, 2.75) is 44.4 Å². The quantitative estimate of drug-likeness (QED) is 0.871. The molecule has 2 atom stereocenters. The van der Waals surface area contributed by atoms with Crippen LogP contribution in [0.5, 0.6) is 0 Å². The van der Waals surface area contributed by atoms with Crippen molar-refractivity contribution in [2.24, 2.45) is 0 Å². The lowest BCUT2D eigenvalue weighted by Crippen LogP contribution is -2.44. The van der Waals surface area contributed by atoms with Gasteiger partial charge in [-0.2, -0.15) is 0 Å². The van der Waals surface area contributed by atoms with Crippen LogP contribution in [0.4, 0.5) is 0 Å². The van der Waals surface area contributed by atoms with E-state index in [4.69, 9.17) is 0 Å². The molecule has 3 heteroatoms. The van der Waals surface area contributed by atoms with Gasteiger partial charge in [0.05, 0.1) is 21.3 Å². The standard InChI is InChI=1S/C15H21NOS/c1-11-10-15(5,16-18(17)14(2,3)4)13-9-7-6-8-12(11)13/h6-9,16H,1,10H2,2-5H3/t15-,18+/m1/s1. The molecule has 1 aliphatic carbocycles. The highest BCUT2D eigenvalue weighted by molar-refractivity contribution is 7.84. The van der Waals surface area contributed by atoms with Crippen molar-refractivity contribution >= 4 is 16.6 Å². The van der Waals surface area contributed by atoms with E-state index in [2.05, 4.69) is 30.4 Å². The summed E-state index contributed by atoms with van der Waals surface area (Å²) < 4.78 is 15.3. The first-order valence-corrected chi connectivity index (χ1v) is 7.36. The predicted octanol–water partition coefficient (Wildman–Crippen LogP) is 3.37. The van der Waals surface area contributed by atoms with Crippen LogP contribution in [-0.4, -0.2) is 8.96 Å². The fraction of sp³-hybridized carbons (Fsp3) is 0.467. The smallest absolute Gasteiger partial charge is 0.0978 e. The van der Waals surface area contributed by atoms with E-state index in [1.54, 1.807) is 0 Å². The van der Waals surface area contributed by atoms with E-state index in [9.17, 15) is 4.21 Å². The van der Waals surface area contributed by atoms with Crippen molar-refractivity contribution in [3.05, 3.63) is 42.0 Å². The SMILES string of the molecule is C=C1C[C@@](C)(N[S@@](=O)C(C)(C)C)c2ccccc21. The topological polar surface area (TPSA) is 29.1 Å². The van der Waals surface area contributed by atoms with E-state index in [-0.39, 0.29) is 10.3 Å². The lowest BCUT2D eigenvalue weighted by molar-refractivity contribution is 0.467. The van der Waals surface area contributed by atoms with Crippen LogP contribution in [0.25, 0.3) is 5.57 Å². The molecule has 0 unspecified atom stereocenters. The molecule has 0 aliphatic heterocycles. The normalized spacial score (nSPS) is 25.0. The van der Waals surface area contributed by atoms with Crippen LogP contribution < -0.4 is 4.72 Å². The maximum Gasteiger partial charge on any atom is 0.0978 e. The fourth-order valence-electron chi connectivity index (χ4n) is 2.34. The Kier molecular flexibility index (Phi) is 3.24. The van der Waals surface area contributed by atoms with Gasteiger partial charge in [0.1, 0.15) is 0 Å². The summed E-state index contributed by atoms with van der Waals surface area (Å²) in [6, 6.07) is 8.23. The van der Waals surface area contributed by atoms with E-state index in [0.717, 1.165) is 12.0 Å². The van der Waals surface area contributed by atoms with Crippen molar-refractivity contribution in [2.75, 3.05) is 0 Å². The molecule has 0 radical (unpaired) electrons. The van der Waals surface area contributed by atoms with Gasteiger partial charge in [0.15, 0.2) is 0 Å². The Morgan fingerprint density at radius 3 is 2.56 bits per heavy atom. The molecule has 0 fully saturated rings. The first-order chi connectivity index (χ1) is 8.24. The third-order valence-corrected chi connectivity index (χ3v) is 5.09. The van der Waals surface area contributed by atoms with Crippen LogP contribution in [0.15, 0.2) is 30.8 Å². The zero-order chi connectivity index (χ0) is 13.6. The summed E-state index contributed by atoms with van der Waals surface area (Å²) in [7, 11) is -1.08. The van der Waals surface area contributed by atoms with E-state index in [1.165, 1.54) is 11.1 Å². The second-order valence-corrected chi connectivity index (χ2v) is 8.11. The number of rotatable bonds is 2. The maximum absolute atomic E-state index is 12.3. The van der Waals surface area contributed by atoms with Crippen LogP contribution in [0.2, 0.25) is 0 Å².